The smallest absolute Gasteiger partial charge is 0.227 e. The molecule has 2 heterocycles. The van der Waals surface area contributed by atoms with E-state index in [4.69, 9.17) is 20.9 Å². The zero-order chi connectivity index (χ0) is 19.5. The van der Waals surface area contributed by atoms with E-state index in [-0.39, 0.29) is 11.8 Å². The molecule has 0 spiro atoms. The summed E-state index contributed by atoms with van der Waals surface area (Å²) in [6.07, 6.45) is 1.81. The predicted octanol–water partition coefficient (Wildman–Crippen LogP) is 4.04. The molecule has 1 saturated heterocycles. The van der Waals surface area contributed by atoms with Gasteiger partial charge >= 0.3 is 0 Å². The van der Waals surface area contributed by atoms with Gasteiger partial charge in [-0.2, -0.15) is 4.98 Å². The molecule has 3 aromatic rings. The lowest BCUT2D eigenvalue weighted by atomic mass is 10.1. The highest BCUT2D eigenvalue weighted by atomic mass is 35.5. The lowest BCUT2D eigenvalue weighted by Crippen LogP contribution is -2.24. The third kappa shape index (κ3) is 4.02. The third-order valence-electron chi connectivity index (χ3n) is 4.88. The first-order valence-corrected chi connectivity index (χ1v) is 9.51. The van der Waals surface area contributed by atoms with E-state index in [0.29, 0.717) is 36.1 Å². The first kappa shape index (κ1) is 18.5. The van der Waals surface area contributed by atoms with Gasteiger partial charge in [0.1, 0.15) is 5.75 Å². The van der Waals surface area contributed by atoms with Gasteiger partial charge in [-0.3, -0.25) is 4.79 Å². The molecule has 28 heavy (non-hydrogen) atoms. The lowest BCUT2D eigenvalue weighted by Gasteiger charge is -2.16. The standard InChI is InChI=1S/C21H20ClN3O3/c1-27-18-8-5-14(6-9-18)7-10-19-23-21(24-28-19)15-11-20(26)25(13-15)17-4-2-3-16(22)12-17/h2-6,8-9,12,15H,7,10-11,13H2,1H3/t15-/m0/s1. The van der Waals surface area contributed by atoms with E-state index in [0.717, 1.165) is 17.9 Å². The average Bonchev–Trinajstić information content (AvgIpc) is 3.33. The largest absolute Gasteiger partial charge is 0.497 e. The van der Waals surface area contributed by atoms with Gasteiger partial charge < -0.3 is 14.2 Å². The summed E-state index contributed by atoms with van der Waals surface area (Å²) < 4.78 is 10.6. The first-order valence-electron chi connectivity index (χ1n) is 9.14. The minimum Gasteiger partial charge on any atom is -0.497 e. The van der Waals surface area contributed by atoms with Crippen molar-refractivity contribution in [2.45, 2.75) is 25.2 Å². The molecule has 7 heteroatoms. The van der Waals surface area contributed by atoms with E-state index in [1.165, 1.54) is 5.56 Å². The second-order valence-corrected chi connectivity index (χ2v) is 7.22. The molecule has 6 nitrogen and oxygen atoms in total. The molecular formula is C21H20ClN3O3. The van der Waals surface area contributed by atoms with Crippen molar-refractivity contribution in [3.05, 3.63) is 70.8 Å². The molecule has 0 aliphatic carbocycles. The molecule has 0 bridgehead atoms. The van der Waals surface area contributed by atoms with E-state index in [2.05, 4.69) is 10.1 Å². The Morgan fingerprint density at radius 2 is 2.04 bits per heavy atom. The van der Waals surface area contributed by atoms with Gasteiger partial charge in [-0.1, -0.05) is 35.0 Å². The molecule has 1 aliphatic heterocycles. The number of anilines is 1. The van der Waals surface area contributed by atoms with Crippen LogP contribution in [0.3, 0.4) is 0 Å². The maximum absolute atomic E-state index is 12.4. The third-order valence-corrected chi connectivity index (χ3v) is 5.12. The van der Waals surface area contributed by atoms with Gasteiger partial charge in [0.2, 0.25) is 11.8 Å². The Bertz CT molecular complexity index is 971. The van der Waals surface area contributed by atoms with Crippen molar-refractivity contribution in [1.29, 1.82) is 0 Å². The van der Waals surface area contributed by atoms with Crippen LogP contribution in [0.1, 0.15) is 29.6 Å². The highest BCUT2D eigenvalue weighted by Gasteiger charge is 2.34. The van der Waals surface area contributed by atoms with Crippen LogP contribution in [-0.2, 0) is 17.6 Å². The fraction of sp³-hybridized carbons (Fsp3) is 0.286. The van der Waals surface area contributed by atoms with Crippen LogP contribution in [-0.4, -0.2) is 29.7 Å². The van der Waals surface area contributed by atoms with Gasteiger partial charge in [0, 0.05) is 36.0 Å². The highest BCUT2D eigenvalue weighted by molar-refractivity contribution is 6.30. The number of nitrogens with zero attached hydrogens (tertiary/aromatic N) is 3. The summed E-state index contributed by atoms with van der Waals surface area (Å²) in [5.41, 5.74) is 1.96. The SMILES string of the molecule is COc1ccc(CCc2nc([C@H]3CC(=O)N(c4cccc(Cl)c4)C3)no2)cc1. The Morgan fingerprint density at radius 1 is 1.21 bits per heavy atom. The van der Waals surface area contributed by atoms with Crippen LogP contribution in [0.2, 0.25) is 5.02 Å². The quantitative estimate of drug-likeness (QED) is 0.628. The molecule has 2 aromatic carbocycles. The van der Waals surface area contributed by atoms with Crippen LogP contribution in [0.5, 0.6) is 5.75 Å². The molecule has 4 rings (SSSR count). The second-order valence-electron chi connectivity index (χ2n) is 6.78. The summed E-state index contributed by atoms with van der Waals surface area (Å²) in [6, 6.07) is 15.2. The number of carbonyl (C=O) groups is 1. The van der Waals surface area contributed by atoms with Crippen molar-refractivity contribution < 1.29 is 14.1 Å². The van der Waals surface area contributed by atoms with Gasteiger partial charge in [-0.05, 0) is 42.3 Å². The van der Waals surface area contributed by atoms with Crippen LogP contribution >= 0.6 is 11.6 Å². The first-order chi connectivity index (χ1) is 13.6. The molecule has 0 radical (unpaired) electrons. The van der Waals surface area contributed by atoms with Crippen molar-refractivity contribution in [3.8, 4) is 5.75 Å². The van der Waals surface area contributed by atoms with Crippen LogP contribution in [0.15, 0.2) is 53.1 Å². The minimum atomic E-state index is -0.0787. The summed E-state index contributed by atoms with van der Waals surface area (Å²) in [4.78, 5) is 18.7. The molecule has 1 aliphatic rings. The van der Waals surface area contributed by atoms with Crippen LogP contribution < -0.4 is 9.64 Å². The van der Waals surface area contributed by atoms with E-state index in [9.17, 15) is 4.79 Å². The monoisotopic (exact) mass is 397 g/mol. The summed E-state index contributed by atoms with van der Waals surface area (Å²) >= 11 is 6.05. The number of amides is 1. The second kappa shape index (κ2) is 8.02. The van der Waals surface area contributed by atoms with Gasteiger partial charge in [0.25, 0.3) is 0 Å². The normalized spacial score (nSPS) is 16.6. The zero-order valence-corrected chi connectivity index (χ0v) is 16.2. The zero-order valence-electron chi connectivity index (χ0n) is 15.5. The van der Waals surface area contributed by atoms with Crippen molar-refractivity contribution in [2.75, 3.05) is 18.6 Å². The molecule has 144 valence electrons. The van der Waals surface area contributed by atoms with Crippen molar-refractivity contribution >= 4 is 23.2 Å². The summed E-state index contributed by atoms with van der Waals surface area (Å²) in [5.74, 6) is 1.96. The molecule has 1 atom stereocenters. The predicted molar refractivity (Wildman–Crippen MR) is 106 cm³/mol. The Morgan fingerprint density at radius 3 is 2.79 bits per heavy atom. The van der Waals surface area contributed by atoms with E-state index in [1.807, 2.05) is 36.4 Å². The number of rotatable bonds is 6. The van der Waals surface area contributed by atoms with Crippen LogP contribution in [0.4, 0.5) is 5.69 Å². The molecule has 1 amide bonds. The number of hydrogen-bond donors (Lipinski definition) is 0. The number of benzene rings is 2. The Labute approximate surface area is 168 Å². The number of halogens is 1. The van der Waals surface area contributed by atoms with Crippen LogP contribution in [0, 0.1) is 0 Å². The highest BCUT2D eigenvalue weighted by Crippen LogP contribution is 2.31. The number of methoxy groups -OCH3 is 1. The molecule has 1 fully saturated rings. The Kier molecular flexibility index (Phi) is 5.30. The van der Waals surface area contributed by atoms with E-state index < -0.39 is 0 Å². The number of aromatic nitrogens is 2. The molecular weight excluding hydrogens is 378 g/mol. The minimum absolute atomic E-state index is 0.0387. The Hall–Kier alpha value is -2.86. The topological polar surface area (TPSA) is 68.5 Å². The van der Waals surface area contributed by atoms with Crippen LogP contribution in [0.25, 0.3) is 0 Å². The number of carbonyl (C=O) groups excluding carboxylic acids is 1. The number of aryl methyl sites for hydroxylation is 2. The van der Waals surface area contributed by atoms with E-state index >= 15 is 0 Å². The summed E-state index contributed by atoms with van der Waals surface area (Å²) in [5, 5.41) is 4.71. The van der Waals surface area contributed by atoms with Gasteiger partial charge in [-0.15, -0.1) is 0 Å². The maximum Gasteiger partial charge on any atom is 0.227 e. The average molecular weight is 398 g/mol. The summed E-state index contributed by atoms with van der Waals surface area (Å²) in [6.45, 7) is 0.524. The van der Waals surface area contributed by atoms with Gasteiger partial charge in [-0.25, -0.2) is 0 Å². The maximum atomic E-state index is 12.4. The number of ether oxygens (including phenoxy) is 1. The molecule has 0 N–H and O–H groups in total. The fourth-order valence-electron chi connectivity index (χ4n) is 3.35. The van der Waals surface area contributed by atoms with E-state index in [1.54, 1.807) is 24.1 Å². The lowest BCUT2D eigenvalue weighted by molar-refractivity contribution is -0.117. The van der Waals surface area contributed by atoms with Crippen molar-refractivity contribution in [3.63, 3.8) is 0 Å². The van der Waals surface area contributed by atoms with Crippen molar-refractivity contribution in [2.24, 2.45) is 0 Å². The Balaban J connectivity index is 1.39. The molecule has 1 aromatic heterocycles. The molecule has 0 unspecified atom stereocenters. The molecule has 0 saturated carbocycles. The van der Waals surface area contributed by atoms with Gasteiger partial charge in [0.15, 0.2) is 5.82 Å². The summed E-state index contributed by atoms with van der Waals surface area (Å²) in [7, 11) is 1.65. The number of hydrogen-bond acceptors (Lipinski definition) is 5. The fourth-order valence-corrected chi connectivity index (χ4v) is 3.54. The van der Waals surface area contributed by atoms with Crippen molar-refractivity contribution in [1.82, 2.24) is 10.1 Å². The van der Waals surface area contributed by atoms with Gasteiger partial charge in [0.05, 0.1) is 7.11 Å².